The summed E-state index contributed by atoms with van der Waals surface area (Å²) in [5, 5.41) is 4.04. The number of likely N-dealkylation sites (N-methyl/N-ethyl adjacent to an activating group) is 1. The predicted octanol–water partition coefficient (Wildman–Crippen LogP) is 2.12. The minimum atomic E-state index is -4.56. The number of nitrogens with one attached hydrogen (secondary N) is 1. The number of nitrogens with zero attached hydrogens (tertiary/aromatic N) is 4. The molecule has 1 aliphatic rings. The van der Waals surface area contributed by atoms with E-state index in [0.29, 0.717) is 30.6 Å². The van der Waals surface area contributed by atoms with E-state index in [-0.39, 0.29) is 35.1 Å². The second kappa shape index (κ2) is 11.4. The van der Waals surface area contributed by atoms with Crippen molar-refractivity contribution in [2.75, 3.05) is 24.4 Å². The molecule has 1 aromatic heterocycles. The van der Waals surface area contributed by atoms with Gasteiger partial charge >= 0.3 is 16.4 Å². The Hall–Kier alpha value is -1.60. The van der Waals surface area contributed by atoms with Crippen molar-refractivity contribution in [3.8, 4) is 0 Å². The summed E-state index contributed by atoms with van der Waals surface area (Å²) in [5.41, 5.74) is -0.0439. The van der Waals surface area contributed by atoms with Crippen molar-refractivity contribution < 1.29 is 26.4 Å². The Kier molecular flexibility index (Phi) is 9.62. The van der Waals surface area contributed by atoms with Crippen molar-refractivity contribution in [1.29, 1.82) is 0 Å². The average molecular weight is 511 g/mol. The number of hydrogen-bond acceptors (Lipinski definition) is 5. The number of anilines is 1. The summed E-state index contributed by atoms with van der Waals surface area (Å²) >= 11 is 0. The van der Waals surface area contributed by atoms with Crippen LogP contribution in [0.25, 0.3) is 0 Å². The van der Waals surface area contributed by atoms with Gasteiger partial charge in [0.05, 0.1) is 29.9 Å². The van der Waals surface area contributed by atoms with Crippen LogP contribution in [0.15, 0.2) is 30.6 Å². The molecule has 1 aliphatic heterocycles. The van der Waals surface area contributed by atoms with E-state index in [4.69, 9.17) is 0 Å². The summed E-state index contributed by atoms with van der Waals surface area (Å²) in [6.45, 7) is 3.01. The van der Waals surface area contributed by atoms with Gasteiger partial charge in [-0.05, 0) is 56.1 Å². The molecule has 1 saturated heterocycles. The van der Waals surface area contributed by atoms with Gasteiger partial charge < -0.3 is 4.90 Å². The molecule has 183 valence electrons. The Morgan fingerprint density at radius 3 is 2.47 bits per heavy atom. The molecular formula is C21H28F3N5NaO3S. The number of carbonyl (C=O) groups is 1. The average Bonchev–Trinajstić information content (AvgIpc) is 3.11. The number of aromatic nitrogens is 2. The smallest absolute Gasteiger partial charge is 0.304 e. The van der Waals surface area contributed by atoms with Crippen molar-refractivity contribution in [3.05, 3.63) is 47.3 Å². The number of piperidine rings is 1. The number of hydrogen-bond donors (Lipinski definition) is 1. The van der Waals surface area contributed by atoms with Crippen molar-refractivity contribution in [2.45, 2.75) is 44.8 Å². The Labute approximate surface area is 220 Å². The first-order chi connectivity index (χ1) is 15.4. The maximum atomic E-state index is 13.3. The van der Waals surface area contributed by atoms with E-state index in [0.717, 1.165) is 29.4 Å². The third-order valence-electron chi connectivity index (χ3n) is 5.53. The Balaban J connectivity index is 0.00000408. The second-order valence-corrected chi connectivity index (χ2v) is 9.87. The number of alkyl halides is 3. The van der Waals surface area contributed by atoms with Gasteiger partial charge in [-0.2, -0.15) is 26.7 Å². The Morgan fingerprint density at radius 2 is 1.91 bits per heavy atom. The first-order valence-electron chi connectivity index (χ1n) is 10.6. The van der Waals surface area contributed by atoms with Crippen LogP contribution in [0.2, 0.25) is 0 Å². The van der Waals surface area contributed by atoms with Gasteiger partial charge in [0.15, 0.2) is 0 Å². The zero-order chi connectivity index (χ0) is 24.4. The molecule has 0 spiro atoms. The van der Waals surface area contributed by atoms with Crippen molar-refractivity contribution in [3.63, 3.8) is 0 Å². The molecular weight excluding hydrogens is 482 g/mol. The standard InChI is InChI=1S/C21H28F3N5O3S.Na/c1-4-15-8-16(10-17(9-15)21(22,23)24)11-20(30)26-33(31,32)29(19-12-25-28(3)14-19)18-6-5-7-27(2)13-18;/h8-10,12,14,18H,4-7,11,13H2,1-3H3,(H,26,30);. The summed E-state index contributed by atoms with van der Waals surface area (Å²) < 4.78 is 70.8. The van der Waals surface area contributed by atoms with Gasteiger partial charge in [0.25, 0.3) is 0 Å². The van der Waals surface area contributed by atoms with Gasteiger partial charge in [0.1, 0.15) is 0 Å². The number of benzene rings is 1. The molecule has 13 heteroatoms. The molecule has 2 aromatic rings. The molecule has 1 aromatic carbocycles. The molecule has 1 atom stereocenters. The van der Waals surface area contributed by atoms with E-state index in [1.165, 1.54) is 16.9 Å². The minimum Gasteiger partial charge on any atom is -0.304 e. The molecule has 3 rings (SSSR count). The van der Waals surface area contributed by atoms with Crippen molar-refractivity contribution >= 4 is 51.4 Å². The molecule has 1 N–H and O–H groups in total. The fraction of sp³-hybridized carbons (Fsp3) is 0.524. The van der Waals surface area contributed by atoms with Crippen LogP contribution in [-0.4, -0.2) is 84.7 Å². The van der Waals surface area contributed by atoms with Crippen molar-refractivity contribution in [1.82, 2.24) is 19.4 Å². The fourth-order valence-electron chi connectivity index (χ4n) is 4.05. The van der Waals surface area contributed by atoms with E-state index in [1.807, 2.05) is 16.7 Å². The third kappa shape index (κ3) is 7.20. The van der Waals surface area contributed by atoms with Crippen LogP contribution in [-0.2, 0) is 41.1 Å². The largest absolute Gasteiger partial charge is 0.416 e. The molecule has 34 heavy (non-hydrogen) atoms. The Morgan fingerprint density at radius 1 is 1.24 bits per heavy atom. The first kappa shape index (κ1) is 28.6. The third-order valence-corrected chi connectivity index (χ3v) is 7.04. The normalized spacial score (nSPS) is 17.2. The molecule has 1 unspecified atom stereocenters. The van der Waals surface area contributed by atoms with Crippen LogP contribution < -0.4 is 9.03 Å². The maximum absolute atomic E-state index is 13.3. The first-order valence-corrected chi connectivity index (χ1v) is 12.0. The molecule has 1 amide bonds. The van der Waals surface area contributed by atoms with Crippen LogP contribution in [0, 0.1) is 0 Å². The van der Waals surface area contributed by atoms with Crippen LogP contribution in [0.5, 0.6) is 0 Å². The Bertz CT molecular complexity index is 1110. The van der Waals surface area contributed by atoms with E-state index in [9.17, 15) is 26.4 Å². The van der Waals surface area contributed by atoms with Gasteiger partial charge in [0, 0.05) is 49.3 Å². The second-order valence-electron chi connectivity index (χ2n) is 8.32. The zero-order valence-corrected chi connectivity index (χ0v) is 22.6. The van der Waals surface area contributed by atoms with Crippen LogP contribution in [0.4, 0.5) is 18.9 Å². The fourth-order valence-corrected chi connectivity index (χ4v) is 5.44. The van der Waals surface area contributed by atoms with E-state index in [1.54, 1.807) is 20.2 Å². The van der Waals surface area contributed by atoms with E-state index in [2.05, 4.69) is 5.10 Å². The summed E-state index contributed by atoms with van der Waals surface area (Å²) in [6.07, 6.45) is -0.389. The van der Waals surface area contributed by atoms with E-state index >= 15 is 0 Å². The summed E-state index contributed by atoms with van der Waals surface area (Å²) in [5.74, 6) is -0.908. The molecule has 0 aliphatic carbocycles. The molecule has 0 saturated carbocycles. The van der Waals surface area contributed by atoms with Gasteiger partial charge in [-0.25, -0.2) is 9.03 Å². The summed E-state index contributed by atoms with van der Waals surface area (Å²) in [4.78, 5) is 14.7. The monoisotopic (exact) mass is 510 g/mol. The molecule has 2 heterocycles. The minimum absolute atomic E-state index is 0. The predicted molar refractivity (Wildman–Crippen MR) is 124 cm³/mol. The van der Waals surface area contributed by atoms with E-state index < -0.39 is 40.3 Å². The summed E-state index contributed by atoms with van der Waals surface area (Å²) in [7, 11) is -0.789. The van der Waals surface area contributed by atoms with Crippen LogP contribution >= 0.6 is 0 Å². The van der Waals surface area contributed by atoms with Gasteiger partial charge in [-0.15, -0.1) is 0 Å². The SMILES string of the molecule is CCc1cc(CC(=O)NS(=O)(=O)N(c2cnn(C)c2)C2CCCN(C)C2)cc(C(F)(F)F)c1.[Na]. The molecule has 8 nitrogen and oxygen atoms in total. The molecule has 1 fully saturated rings. The van der Waals surface area contributed by atoms with Crippen LogP contribution in [0.3, 0.4) is 0 Å². The zero-order valence-electron chi connectivity index (χ0n) is 19.8. The number of carbonyl (C=O) groups excluding carboxylic acids is 1. The van der Waals surface area contributed by atoms with Gasteiger partial charge in [-0.1, -0.05) is 13.0 Å². The number of amides is 1. The summed E-state index contributed by atoms with van der Waals surface area (Å²) in [6, 6.07) is 2.97. The number of halogens is 3. The number of rotatable bonds is 7. The van der Waals surface area contributed by atoms with Crippen LogP contribution in [0.1, 0.15) is 36.5 Å². The number of aryl methyl sites for hydroxylation is 2. The van der Waals surface area contributed by atoms with Gasteiger partial charge in [0.2, 0.25) is 5.91 Å². The molecule has 1 radical (unpaired) electrons. The van der Waals surface area contributed by atoms with Crippen molar-refractivity contribution in [2.24, 2.45) is 7.05 Å². The molecule has 0 bridgehead atoms. The maximum Gasteiger partial charge on any atom is 0.416 e. The number of likely N-dealkylation sites (tertiary alicyclic amines) is 1. The van der Waals surface area contributed by atoms with Gasteiger partial charge in [-0.3, -0.25) is 9.48 Å². The quantitative estimate of drug-likeness (QED) is 0.577. The topological polar surface area (TPSA) is 87.5 Å².